The van der Waals surface area contributed by atoms with Gasteiger partial charge in [-0.2, -0.15) is 5.26 Å². The fraction of sp³-hybridized carbons (Fsp3) is 0.273. The molecule has 0 atom stereocenters. The first-order valence-electron chi connectivity index (χ1n) is 4.93. The molecule has 1 aromatic heterocycles. The number of oxazole rings is 1. The van der Waals surface area contributed by atoms with Crippen LogP contribution in [0.5, 0.6) is 0 Å². The Morgan fingerprint density at radius 2 is 2.38 bits per heavy atom. The summed E-state index contributed by atoms with van der Waals surface area (Å²) in [6, 6.07) is 7.48. The van der Waals surface area contributed by atoms with Crippen LogP contribution in [0.4, 0.5) is 5.69 Å². The molecule has 82 valence electrons. The summed E-state index contributed by atoms with van der Waals surface area (Å²) in [6.45, 7) is 0.582. The quantitative estimate of drug-likeness (QED) is 0.790. The first-order valence-corrected chi connectivity index (χ1v) is 4.93. The second-order valence-electron chi connectivity index (χ2n) is 3.44. The molecule has 5 nitrogen and oxygen atoms in total. The average molecular weight is 217 g/mol. The Labute approximate surface area is 91.9 Å². The predicted octanol–water partition coefficient (Wildman–Crippen LogP) is 1.46. The van der Waals surface area contributed by atoms with Gasteiger partial charge in [0.2, 0.25) is 0 Å². The molecule has 0 unspecified atom stereocenters. The highest BCUT2D eigenvalue weighted by Crippen LogP contribution is 2.17. The maximum Gasteiger partial charge on any atom is 0.419 e. The van der Waals surface area contributed by atoms with E-state index < -0.39 is 0 Å². The van der Waals surface area contributed by atoms with Gasteiger partial charge in [-0.15, -0.1) is 0 Å². The third-order valence-electron chi connectivity index (χ3n) is 2.36. The molecule has 1 heterocycles. The number of nitrogens with one attached hydrogen (secondary N) is 1. The summed E-state index contributed by atoms with van der Waals surface area (Å²) in [4.78, 5) is 11.2. The molecule has 0 saturated carbocycles. The van der Waals surface area contributed by atoms with E-state index in [0.717, 1.165) is 11.2 Å². The molecule has 1 N–H and O–H groups in total. The zero-order chi connectivity index (χ0) is 11.5. The van der Waals surface area contributed by atoms with Gasteiger partial charge in [0.1, 0.15) is 0 Å². The van der Waals surface area contributed by atoms with E-state index in [2.05, 4.69) is 5.32 Å². The van der Waals surface area contributed by atoms with Gasteiger partial charge in [-0.25, -0.2) is 4.79 Å². The van der Waals surface area contributed by atoms with Crippen LogP contribution in [0, 0.1) is 11.3 Å². The lowest BCUT2D eigenvalue weighted by Gasteiger charge is -2.02. The summed E-state index contributed by atoms with van der Waals surface area (Å²) in [5.74, 6) is -0.371. The molecular formula is C11H11N3O2. The molecule has 0 bridgehead atoms. The van der Waals surface area contributed by atoms with E-state index in [1.165, 1.54) is 4.57 Å². The fourth-order valence-corrected chi connectivity index (χ4v) is 1.51. The van der Waals surface area contributed by atoms with Crippen LogP contribution in [0.3, 0.4) is 0 Å². The monoisotopic (exact) mass is 217 g/mol. The smallest absolute Gasteiger partial charge is 0.408 e. The minimum atomic E-state index is -0.371. The number of hydrogen-bond acceptors (Lipinski definition) is 4. The van der Waals surface area contributed by atoms with Crippen molar-refractivity contribution in [3.8, 4) is 6.07 Å². The van der Waals surface area contributed by atoms with E-state index in [0.29, 0.717) is 18.5 Å². The van der Waals surface area contributed by atoms with Gasteiger partial charge in [0.25, 0.3) is 0 Å². The van der Waals surface area contributed by atoms with Gasteiger partial charge in [0.15, 0.2) is 5.58 Å². The minimum absolute atomic E-state index is 0.371. The zero-order valence-corrected chi connectivity index (χ0v) is 8.86. The number of benzene rings is 1. The van der Waals surface area contributed by atoms with E-state index in [4.69, 9.17) is 9.68 Å². The fourth-order valence-electron chi connectivity index (χ4n) is 1.51. The van der Waals surface area contributed by atoms with Gasteiger partial charge >= 0.3 is 5.76 Å². The highest BCUT2D eigenvalue weighted by molar-refractivity contribution is 5.77. The number of aromatic nitrogens is 1. The van der Waals surface area contributed by atoms with Crippen molar-refractivity contribution in [1.29, 1.82) is 5.26 Å². The van der Waals surface area contributed by atoms with Gasteiger partial charge in [0.05, 0.1) is 18.0 Å². The Kier molecular flexibility index (Phi) is 2.64. The van der Waals surface area contributed by atoms with Crippen LogP contribution in [-0.4, -0.2) is 11.1 Å². The Morgan fingerprint density at radius 1 is 1.56 bits per heavy atom. The first-order chi connectivity index (χ1) is 7.72. The lowest BCUT2D eigenvalue weighted by molar-refractivity contribution is 0.528. The summed E-state index contributed by atoms with van der Waals surface area (Å²) in [6.07, 6.45) is 0.441. The van der Waals surface area contributed by atoms with Crippen molar-refractivity contribution in [2.24, 2.45) is 7.05 Å². The number of fused-ring (bicyclic) bond motifs is 1. The van der Waals surface area contributed by atoms with Gasteiger partial charge in [-0.3, -0.25) is 4.57 Å². The van der Waals surface area contributed by atoms with Crippen LogP contribution in [0.1, 0.15) is 6.42 Å². The molecule has 0 amide bonds. The van der Waals surface area contributed by atoms with Crippen LogP contribution in [0.15, 0.2) is 27.4 Å². The summed E-state index contributed by atoms with van der Waals surface area (Å²) < 4.78 is 6.50. The normalized spacial score (nSPS) is 10.2. The molecule has 2 aromatic rings. The van der Waals surface area contributed by atoms with Crippen molar-refractivity contribution in [2.45, 2.75) is 6.42 Å². The number of aryl methyl sites for hydroxylation is 1. The molecule has 0 aliphatic carbocycles. The van der Waals surface area contributed by atoms with E-state index in [-0.39, 0.29) is 5.76 Å². The molecular weight excluding hydrogens is 206 g/mol. The van der Waals surface area contributed by atoms with Gasteiger partial charge in [-0.1, -0.05) is 0 Å². The van der Waals surface area contributed by atoms with Gasteiger partial charge in [0, 0.05) is 25.3 Å². The van der Waals surface area contributed by atoms with Crippen LogP contribution < -0.4 is 11.1 Å². The van der Waals surface area contributed by atoms with E-state index in [1.54, 1.807) is 13.1 Å². The van der Waals surface area contributed by atoms with Gasteiger partial charge < -0.3 is 9.73 Å². The van der Waals surface area contributed by atoms with Crippen LogP contribution >= 0.6 is 0 Å². The lowest BCUT2D eigenvalue weighted by Crippen LogP contribution is -2.08. The first kappa shape index (κ1) is 10.3. The molecule has 0 fully saturated rings. The van der Waals surface area contributed by atoms with E-state index in [1.807, 2.05) is 18.2 Å². The standard InChI is InChI=1S/C11H11N3O2/c1-14-9-4-3-8(13-6-2-5-12)7-10(9)16-11(14)15/h3-4,7,13H,2,6H2,1H3. The SMILES string of the molecule is Cn1c(=O)oc2cc(NCCC#N)ccc21. The number of nitriles is 1. The van der Waals surface area contributed by atoms with Gasteiger partial charge in [-0.05, 0) is 12.1 Å². The van der Waals surface area contributed by atoms with Crippen LogP contribution in [0.2, 0.25) is 0 Å². The molecule has 0 aliphatic rings. The molecule has 0 spiro atoms. The summed E-state index contributed by atoms with van der Waals surface area (Å²) in [5, 5.41) is 11.5. The molecule has 5 heteroatoms. The summed E-state index contributed by atoms with van der Waals surface area (Å²) >= 11 is 0. The molecule has 16 heavy (non-hydrogen) atoms. The maximum atomic E-state index is 11.2. The minimum Gasteiger partial charge on any atom is -0.408 e. The molecule has 0 radical (unpaired) electrons. The van der Waals surface area contributed by atoms with E-state index >= 15 is 0 Å². The third-order valence-corrected chi connectivity index (χ3v) is 2.36. The highest BCUT2D eigenvalue weighted by atomic mass is 16.4. The lowest BCUT2D eigenvalue weighted by atomic mass is 10.3. The third kappa shape index (κ3) is 1.77. The number of nitrogens with zero attached hydrogens (tertiary/aromatic N) is 2. The maximum absolute atomic E-state index is 11.2. The second kappa shape index (κ2) is 4.11. The number of hydrogen-bond donors (Lipinski definition) is 1. The van der Waals surface area contributed by atoms with Crippen molar-refractivity contribution < 1.29 is 4.42 Å². The van der Waals surface area contributed by atoms with Crippen molar-refractivity contribution in [2.75, 3.05) is 11.9 Å². The summed E-state index contributed by atoms with van der Waals surface area (Å²) in [5.41, 5.74) is 2.15. The van der Waals surface area contributed by atoms with Crippen molar-refractivity contribution in [3.05, 3.63) is 28.7 Å². The van der Waals surface area contributed by atoms with Crippen LogP contribution in [-0.2, 0) is 7.05 Å². The molecule has 0 aliphatic heterocycles. The average Bonchev–Trinajstić information content (AvgIpc) is 2.55. The largest absolute Gasteiger partial charge is 0.419 e. The predicted molar refractivity (Wildman–Crippen MR) is 60.2 cm³/mol. The topological polar surface area (TPSA) is 71.0 Å². The van der Waals surface area contributed by atoms with Crippen molar-refractivity contribution in [1.82, 2.24) is 4.57 Å². The van der Waals surface area contributed by atoms with Crippen molar-refractivity contribution >= 4 is 16.8 Å². The molecule has 2 rings (SSSR count). The second-order valence-corrected chi connectivity index (χ2v) is 3.44. The summed E-state index contributed by atoms with van der Waals surface area (Å²) in [7, 11) is 1.66. The number of rotatable bonds is 3. The molecule has 1 aromatic carbocycles. The number of anilines is 1. The highest BCUT2D eigenvalue weighted by Gasteiger charge is 2.05. The zero-order valence-electron chi connectivity index (χ0n) is 8.86. The Morgan fingerprint density at radius 3 is 3.12 bits per heavy atom. The molecule has 0 saturated heterocycles. The van der Waals surface area contributed by atoms with Crippen molar-refractivity contribution in [3.63, 3.8) is 0 Å². The Bertz CT molecular complexity index is 604. The van der Waals surface area contributed by atoms with Crippen LogP contribution in [0.25, 0.3) is 11.1 Å². The Hall–Kier alpha value is -2.22. The Balaban J connectivity index is 2.31. The van der Waals surface area contributed by atoms with E-state index in [9.17, 15) is 4.79 Å².